The van der Waals surface area contributed by atoms with Crippen molar-refractivity contribution in [1.29, 1.82) is 0 Å². The van der Waals surface area contributed by atoms with Crippen molar-refractivity contribution in [2.24, 2.45) is 0 Å². The second-order valence-corrected chi connectivity index (χ2v) is 9.30. The topological polar surface area (TPSA) is 55.8 Å². The summed E-state index contributed by atoms with van der Waals surface area (Å²) < 4.78 is 5.55. The Morgan fingerprint density at radius 1 is 1.00 bits per heavy atom. The number of hydrogen-bond donors (Lipinski definition) is 0. The molecule has 172 valence electrons. The first-order valence-corrected chi connectivity index (χ1v) is 11.9. The zero-order chi connectivity index (χ0) is 22.6. The van der Waals surface area contributed by atoms with Crippen molar-refractivity contribution in [2.45, 2.75) is 45.8 Å². The fourth-order valence-electron chi connectivity index (χ4n) is 4.72. The fraction of sp³-hybridized carbons (Fsp3) is 0.500. The van der Waals surface area contributed by atoms with Gasteiger partial charge >= 0.3 is 0 Å². The third-order valence-electron chi connectivity index (χ3n) is 6.45. The number of amides is 1. The molecule has 2 saturated heterocycles. The van der Waals surface area contributed by atoms with Crippen LogP contribution in [0, 0.1) is 5.21 Å². The van der Waals surface area contributed by atoms with Gasteiger partial charge in [0.2, 0.25) is 0 Å². The van der Waals surface area contributed by atoms with E-state index in [0.29, 0.717) is 31.9 Å². The van der Waals surface area contributed by atoms with Crippen LogP contribution in [-0.2, 0) is 6.54 Å². The lowest BCUT2D eigenvalue weighted by atomic mass is 10.1. The molecule has 2 aromatic rings. The summed E-state index contributed by atoms with van der Waals surface area (Å²) >= 11 is 0. The van der Waals surface area contributed by atoms with E-state index in [1.807, 2.05) is 61.2 Å². The molecule has 0 saturated carbocycles. The number of benzene rings is 2. The van der Waals surface area contributed by atoms with Crippen LogP contribution in [0.15, 0.2) is 48.5 Å². The van der Waals surface area contributed by atoms with E-state index in [-0.39, 0.29) is 16.7 Å². The molecular weight excluding hydrogens is 402 g/mol. The number of nitrogens with zero attached hydrogens (tertiary/aromatic N) is 3. The average Bonchev–Trinajstić information content (AvgIpc) is 2.81. The minimum atomic E-state index is -0.354. The lowest BCUT2D eigenvalue weighted by Gasteiger charge is -2.48. The maximum absolute atomic E-state index is 13.6. The summed E-state index contributed by atoms with van der Waals surface area (Å²) in [6.45, 7) is 8.85. The molecule has 2 fully saturated rings. The minimum absolute atomic E-state index is 0.0314. The molecule has 0 aliphatic carbocycles. The van der Waals surface area contributed by atoms with Gasteiger partial charge in [0, 0.05) is 44.4 Å². The van der Waals surface area contributed by atoms with Crippen molar-refractivity contribution in [2.75, 3.05) is 39.3 Å². The molecule has 0 spiro atoms. The molecule has 32 heavy (non-hydrogen) atoms. The number of para-hydroxylation sites is 2. The Hall–Kier alpha value is -2.41. The smallest absolute Gasteiger partial charge is 0.253 e. The second-order valence-electron chi connectivity index (χ2n) is 9.30. The lowest BCUT2D eigenvalue weighted by Crippen LogP contribution is -2.57. The number of carbonyl (C=O) groups is 1. The van der Waals surface area contributed by atoms with Crippen LogP contribution in [-0.4, -0.2) is 61.1 Å². The van der Waals surface area contributed by atoms with E-state index in [2.05, 4.69) is 11.0 Å². The van der Waals surface area contributed by atoms with Crippen LogP contribution in [0.25, 0.3) is 0 Å². The fourth-order valence-corrected chi connectivity index (χ4v) is 4.72. The molecule has 0 bridgehead atoms. The molecule has 2 aliphatic rings. The van der Waals surface area contributed by atoms with Crippen molar-refractivity contribution >= 4 is 11.6 Å². The largest absolute Gasteiger partial charge is 0.627 e. The molecule has 0 unspecified atom stereocenters. The molecule has 0 atom stereocenters. The van der Waals surface area contributed by atoms with Crippen LogP contribution < -0.4 is 9.38 Å². The van der Waals surface area contributed by atoms with Gasteiger partial charge in [0.1, 0.15) is 0 Å². The van der Waals surface area contributed by atoms with Gasteiger partial charge in [0.25, 0.3) is 5.91 Å². The van der Waals surface area contributed by atoms with Crippen LogP contribution in [0.2, 0.25) is 0 Å². The standard InChI is InChI=1S/C26H35N3O3/c1-21(2)32-25-12-5-4-11-24(25)29(31)17-15-27(16-18-29)20-22-9-8-10-23(19-22)26(30)28-13-6-3-7-14-28/h4-5,8-12,19,21H,3,6-7,13-18,20H2,1-2H3. The van der Waals surface area contributed by atoms with Crippen molar-refractivity contribution < 1.29 is 9.53 Å². The van der Waals surface area contributed by atoms with Gasteiger partial charge in [-0.05, 0) is 56.9 Å². The highest BCUT2D eigenvalue weighted by atomic mass is 16.6. The Kier molecular flexibility index (Phi) is 7.13. The van der Waals surface area contributed by atoms with Crippen LogP contribution in [0.5, 0.6) is 5.75 Å². The number of rotatable bonds is 6. The van der Waals surface area contributed by atoms with Gasteiger partial charge in [0.05, 0.1) is 19.2 Å². The first-order chi connectivity index (χ1) is 15.4. The van der Waals surface area contributed by atoms with Crippen molar-refractivity contribution in [3.63, 3.8) is 0 Å². The summed E-state index contributed by atoms with van der Waals surface area (Å²) in [7, 11) is 0. The van der Waals surface area contributed by atoms with E-state index in [0.717, 1.165) is 49.3 Å². The number of piperidine rings is 1. The molecule has 2 heterocycles. The molecule has 2 aliphatic heterocycles. The third-order valence-corrected chi connectivity index (χ3v) is 6.45. The number of ether oxygens (including phenoxy) is 1. The summed E-state index contributed by atoms with van der Waals surface area (Å²) in [4.78, 5) is 17.1. The van der Waals surface area contributed by atoms with Gasteiger partial charge in [-0.1, -0.05) is 24.3 Å². The second kappa shape index (κ2) is 10.0. The Bertz CT molecular complexity index is 916. The number of hydroxylamine groups is 2. The quantitative estimate of drug-likeness (QED) is 0.496. The van der Waals surface area contributed by atoms with Crippen LogP contribution >= 0.6 is 0 Å². The maximum atomic E-state index is 13.6. The van der Waals surface area contributed by atoms with Gasteiger partial charge < -0.3 is 19.5 Å². The molecule has 0 N–H and O–H groups in total. The Balaban J connectivity index is 1.39. The number of carbonyl (C=O) groups excluding carboxylic acids is 1. The molecule has 1 amide bonds. The highest BCUT2D eigenvalue weighted by molar-refractivity contribution is 5.94. The predicted octanol–water partition coefficient (Wildman–Crippen LogP) is 4.42. The SMILES string of the molecule is CC(C)Oc1ccccc1[N+]1([O-])CCN(Cc2cccc(C(=O)N3CCCCC3)c2)CC1. The zero-order valence-corrected chi connectivity index (χ0v) is 19.3. The summed E-state index contributed by atoms with van der Waals surface area (Å²) in [5.74, 6) is 0.831. The van der Waals surface area contributed by atoms with Crippen molar-refractivity contribution in [3.8, 4) is 5.75 Å². The number of quaternary nitrogens is 1. The third kappa shape index (κ3) is 5.31. The molecule has 0 radical (unpaired) electrons. The van der Waals surface area contributed by atoms with Gasteiger partial charge in [-0.15, -0.1) is 0 Å². The van der Waals surface area contributed by atoms with E-state index < -0.39 is 0 Å². The Labute approximate surface area is 191 Å². The van der Waals surface area contributed by atoms with E-state index in [1.54, 1.807) is 0 Å². The van der Waals surface area contributed by atoms with Crippen LogP contribution in [0.4, 0.5) is 5.69 Å². The summed E-state index contributed by atoms with van der Waals surface area (Å²) in [5, 5.41) is 13.6. The Morgan fingerprint density at radius 3 is 2.44 bits per heavy atom. The normalized spacial score (nSPS) is 19.2. The lowest BCUT2D eigenvalue weighted by molar-refractivity contribution is 0.0724. The molecular formula is C26H35N3O3. The molecule has 0 aromatic heterocycles. The number of hydrogen-bond acceptors (Lipinski definition) is 4. The van der Waals surface area contributed by atoms with Crippen LogP contribution in [0.3, 0.4) is 0 Å². The van der Waals surface area contributed by atoms with Crippen LogP contribution in [0.1, 0.15) is 49.0 Å². The van der Waals surface area contributed by atoms with E-state index >= 15 is 0 Å². The molecule has 2 aromatic carbocycles. The highest BCUT2D eigenvalue weighted by Gasteiger charge is 2.30. The average molecular weight is 438 g/mol. The van der Waals surface area contributed by atoms with Crippen molar-refractivity contribution in [1.82, 2.24) is 14.4 Å². The van der Waals surface area contributed by atoms with E-state index in [4.69, 9.17) is 4.74 Å². The molecule has 4 rings (SSSR count). The van der Waals surface area contributed by atoms with Crippen molar-refractivity contribution in [3.05, 3.63) is 64.9 Å². The summed E-state index contributed by atoms with van der Waals surface area (Å²) in [6.07, 6.45) is 3.44. The monoisotopic (exact) mass is 437 g/mol. The summed E-state index contributed by atoms with van der Waals surface area (Å²) in [5.41, 5.74) is 2.62. The van der Waals surface area contributed by atoms with Gasteiger partial charge in [-0.3, -0.25) is 9.69 Å². The molecule has 6 nitrogen and oxygen atoms in total. The summed E-state index contributed by atoms with van der Waals surface area (Å²) in [6, 6.07) is 15.6. The van der Waals surface area contributed by atoms with Gasteiger partial charge in [0.15, 0.2) is 11.4 Å². The first kappa shape index (κ1) is 22.8. The van der Waals surface area contributed by atoms with Gasteiger partial charge in [-0.25, -0.2) is 0 Å². The maximum Gasteiger partial charge on any atom is 0.253 e. The first-order valence-electron chi connectivity index (χ1n) is 11.9. The van der Waals surface area contributed by atoms with E-state index in [9.17, 15) is 10.0 Å². The number of piperazine rings is 1. The predicted molar refractivity (Wildman–Crippen MR) is 129 cm³/mol. The Morgan fingerprint density at radius 2 is 1.72 bits per heavy atom. The minimum Gasteiger partial charge on any atom is -0.627 e. The molecule has 6 heteroatoms. The van der Waals surface area contributed by atoms with Gasteiger partial charge in [-0.2, -0.15) is 0 Å². The number of likely N-dealkylation sites (tertiary alicyclic amines) is 1. The zero-order valence-electron chi connectivity index (χ0n) is 19.3. The highest BCUT2D eigenvalue weighted by Crippen LogP contribution is 2.35. The van der Waals surface area contributed by atoms with E-state index in [1.165, 1.54) is 6.42 Å².